The quantitative estimate of drug-likeness (QED) is 0.207. The average molecular weight is 707 g/mol. The van der Waals surface area contributed by atoms with Gasteiger partial charge in [-0.2, -0.15) is 18.4 Å². The van der Waals surface area contributed by atoms with Gasteiger partial charge in [0.15, 0.2) is 10.9 Å². The van der Waals surface area contributed by atoms with Gasteiger partial charge in [-0.05, 0) is 69.4 Å². The van der Waals surface area contributed by atoms with Gasteiger partial charge in [-0.1, -0.05) is 20.8 Å². The monoisotopic (exact) mass is 706 g/mol. The Morgan fingerprint density at radius 2 is 1.88 bits per heavy atom. The summed E-state index contributed by atoms with van der Waals surface area (Å²) in [7, 11) is 0. The van der Waals surface area contributed by atoms with Crippen LogP contribution in [0, 0.1) is 22.6 Å². The summed E-state index contributed by atoms with van der Waals surface area (Å²) in [5.74, 6) is -2.98. The molecule has 1 aromatic carbocycles. The van der Waals surface area contributed by atoms with Crippen LogP contribution in [0.1, 0.15) is 65.5 Å². The summed E-state index contributed by atoms with van der Waals surface area (Å²) in [4.78, 5) is 47.2. The smallest absolute Gasteiger partial charge is 0.420 e. The number of hydrogen-bond donors (Lipinski definition) is 1. The van der Waals surface area contributed by atoms with E-state index in [0.29, 0.717) is 11.4 Å². The molecule has 2 aliphatic rings. The van der Waals surface area contributed by atoms with Crippen LogP contribution in [0.3, 0.4) is 0 Å². The predicted molar refractivity (Wildman–Crippen MR) is 175 cm³/mol. The van der Waals surface area contributed by atoms with E-state index in [1.165, 1.54) is 43.1 Å². The van der Waals surface area contributed by atoms with Crippen LogP contribution in [0.4, 0.5) is 28.9 Å². The molecule has 264 valence electrons. The van der Waals surface area contributed by atoms with Crippen molar-refractivity contribution in [2.45, 2.75) is 78.2 Å². The Kier molecular flexibility index (Phi) is 10.9. The molecule has 2 fully saturated rings. The normalized spacial score (nSPS) is 18.5. The fourth-order valence-electron chi connectivity index (χ4n) is 5.79. The highest BCUT2D eigenvalue weighted by molar-refractivity contribution is 7.81. The minimum Gasteiger partial charge on any atom is -0.475 e. The molecule has 1 N–H and O–H groups in total. The first kappa shape index (κ1) is 37.5. The van der Waals surface area contributed by atoms with Crippen molar-refractivity contribution in [2.75, 3.05) is 36.2 Å². The standard InChI is InChI=1S/C33H38F4N6O5S/c1-19-8-7-13-41(19)28(45)27(31(2,3)4)40-23(44)18-47-14-15-48-24-12-10-21(17-39-24)43-30(49)42(29(46)32(43,5)6)22-11-9-20(16-38)25(26(22)34)33(35,36)37/h9-12,17,19,27H,7-8,13-15,18H2,1-6H3,(H,40,44). The Morgan fingerprint density at radius 3 is 2.43 bits per heavy atom. The van der Waals surface area contributed by atoms with Crippen molar-refractivity contribution in [3.8, 4) is 11.9 Å². The summed E-state index contributed by atoms with van der Waals surface area (Å²) >= 11 is 5.44. The van der Waals surface area contributed by atoms with Crippen LogP contribution in [0.2, 0.25) is 0 Å². The molecule has 0 spiro atoms. The molecule has 1 aromatic heterocycles. The second-order valence-corrected chi connectivity index (χ2v) is 13.8. The van der Waals surface area contributed by atoms with Crippen LogP contribution in [-0.4, -0.2) is 76.7 Å². The Balaban J connectivity index is 1.35. The third kappa shape index (κ3) is 7.78. The molecule has 0 bridgehead atoms. The highest BCUT2D eigenvalue weighted by Gasteiger charge is 2.52. The van der Waals surface area contributed by atoms with Crippen molar-refractivity contribution in [3.63, 3.8) is 0 Å². The number of aromatic nitrogens is 1. The van der Waals surface area contributed by atoms with Crippen molar-refractivity contribution >= 4 is 46.4 Å². The molecule has 16 heteroatoms. The molecule has 2 aromatic rings. The number of carbonyl (C=O) groups is 3. The Bertz CT molecular complexity index is 1650. The van der Waals surface area contributed by atoms with Crippen molar-refractivity contribution in [2.24, 2.45) is 5.41 Å². The number of hydrogen-bond acceptors (Lipinski definition) is 8. The van der Waals surface area contributed by atoms with Gasteiger partial charge in [-0.3, -0.25) is 19.3 Å². The number of thiocarbonyl (C=S) groups is 1. The van der Waals surface area contributed by atoms with E-state index in [1.54, 1.807) is 4.90 Å². The highest BCUT2D eigenvalue weighted by Crippen LogP contribution is 2.42. The number of rotatable bonds is 10. The van der Waals surface area contributed by atoms with Crippen LogP contribution < -0.4 is 19.9 Å². The predicted octanol–water partition coefficient (Wildman–Crippen LogP) is 4.97. The molecular formula is C33H38F4N6O5S. The number of nitrogens with zero attached hydrogens (tertiary/aromatic N) is 5. The average Bonchev–Trinajstić information content (AvgIpc) is 3.51. The number of carbonyl (C=O) groups excluding carboxylic acids is 3. The molecule has 0 aliphatic carbocycles. The molecule has 2 saturated heterocycles. The first-order valence-electron chi connectivity index (χ1n) is 15.6. The van der Waals surface area contributed by atoms with E-state index in [4.69, 9.17) is 27.0 Å². The number of nitriles is 1. The van der Waals surface area contributed by atoms with Gasteiger partial charge < -0.3 is 24.6 Å². The second-order valence-electron chi connectivity index (χ2n) is 13.4. The van der Waals surface area contributed by atoms with E-state index in [-0.39, 0.29) is 48.4 Å². The molecule has 2 aliphatic heterocycles. The van der Waals surface area contributed by atoms with Crippen molar-refractivity contribution in [1.29, 1.82) is 5.26 Å². The minimum absolute atomic E-state index is 0.0198. The van der Waals surface area contributed by atoms with Crippen LogP contribution >= 0.6 is 12.2 Å². The zero-order valence-corrected chi connectivity index (χ0v) is 28.8. The van der Waals surface area contributed by atoms with E-state index >= 15 is 4.39 Å². The third-order valence-corrected chi connectivity index (χ3v) is 8.74. The van der Waals surface area contributed by atoms with Gasteiger partial charge in [0.05, 0.1) is 35.8 Å². The maximum Gasteiger partial charge on any atom is 0.420 e. The number of nitrogens with one attached hydrogen (secondary N) is 1. The van der Waals surface area contributed by atoms with Gasteiger partial charge >= 0.3 is 6.18 Å². The minimum atomic E-state index is -5.19. The molecule has 2 unspecified atom stereocenters. The number of ether oxygens (including phenoxy) is 2. The molecule has 4 rings (SSSR count). The zero-order chi connectivity index (χ0) is 36.5. The van der Waals surface area contributed by atoms with E-state index in [9.17, 15) is 27.6 Å². The molecule has 3 amide bonds. The summed E-state index contributed by atoms with van der Waals surface area (Å²) in [5.41, 5.74) is -5.13. The molecule has 2 atom stereocenters. The van der Waals surface area contributed by atoms with Gasteiger partial charge in [0.1, 0.15) is 30.4 Å². The van der Waals surface area contributed by atoms with Crippen LogP contribution in [-0.2, 0) is 25.3 Å². The molecule has 0 saturated carbocycles. The van der Waals surface area contributed by atoms with Crippen LogP contribution in [0.5, 0.6) is 5.88 Å². The molecule has 49 heavy (non-hydrogen) atoms. The number of alkyl halides is 3. The number of likely N-dealkylation sites (tertiary alicyclic amines) is 1. The third-order valence-electron chi connectivity index (χ3n) is 8.38. The zero-order valence-electron chi connectivity index (χ0n) is 28.0. The number of amides is 3. The summed E-state index contributed by atoms with van der Waals surface area (Å²) in [5, 5.41) is 11.6. The van der Waals surface area contributed by atoms with Crippen molar-refractivity contribution in [3.05, 3.63) is 47.4 Å². The van der Waals surface area contributed by atoms with Crippen LogP contribution in [0.15, 0.2) is 30.5 Å². The van der Waals surface area contributed by atoms with Crippen molar-refractivity contribution < 1.29 is 41.4 Å². The second kappa shape index (κ2) is 14.2. The number of benzene rings is 1. The maximum atomic E-state index is 15.3. The first-order chi connectivity index (χ1) is 22.8. The lowest BCUT2D eigenvalue weighted by atomic mass is 9.85. The van der Waals surface area contributed by atoms with Gasteiger partial charge in [0.2, 0.25) is 17.7 Å². The van der Waals surface area contributed by atoms with Gasteiger partial charge in [-0.15, -0.1) is 0 Å². The van der Waals surface area contributed by atoms with E-state index in [2.05, 4.69) is 10.3 Å². The Hall–Kier alpha value is -4.36. The van der Waals surface area contributed by atoms with Gasteiger partial charge in [0, 0.05) is 18.7 Å². The summed E-state index contributed by atoms with van der Waals surface area (Å²) in [6.45, 7) is 11.0. The molecular weight excluding hydrogens is 668 g/mol. The number of pyridine rings is 1. The van der Waals surface area contributed by atoms with Crippen LogP contribution in [0.25, 0.3) is 0 Å². The molecule has 0 radical (unpaired) electrons. The lowest BCUT2D eigenvalue weighted by Crippen LogP contribution is -2.56. The highest BCUT2D eigenvalue weighted by atomic mass is 32.1. The SMILES string of the molecule is CC1CCCN1C(=O)C(NC(=O)COCCOc1ccc(N2C(=S)N(c3ccc(C#N)c(C(F)(F)F)c3F)C(=O)C2(C)C)cn1)C(C)(C)C. The largest absolute Gasteiger partial charge is 0.475 e. The van der Waals surface area contributed by atoms with E-state index < -0.39 is 57.6 Å². The van der Waals surface area contributed by atoms with Gasteiger partial charge in [0.25, 0.3) is 5.91 Å². The lowest BCUT2D eigenvalue weighted by molar-refractivity contribution is -0.141. The number of anilines is 2. The maximum absolute atomic E-state index is 15.3. The first-order valence-corrected chi connectivity index (χ1v) is 16.0. The molecule has 3 heterocycles. The fourth-order valence-corrected chi connectivity index (χ4v) is 6.30. The molecule has 11 nitrogen and oxygen atoms in total. The number of halogens is 4. The van der Waals surface area contributed by atoms with E-state index in [0.717, 1.165) is 25.0 Å². The van der Waals surface area contributed by atoms with Gasteiger partial charge in [-0.25, -0.2) is 9.37 Å². The fraction of sp³-hybridized carbons (Fsp3) is 0.515. The summed E-state index contributed by atoms with van der Waals surface area (Å²) in [6, 6.07) is 5.42. The Morgan fingerprint density at radius 1 is 1.18 bits per heavy atom. The summed E-state index contributed by atoms with van der Waals surface area (Å²) in [6.07, 6.45) is -2.01. The Labute approximate surface area is 287 Å². The lowest BCUT2D eigenvalue weighted by Gasteiger charge is -2.35. The van der Waals surface area contributed by atoms with Crippen molar-refractivity contribution in [1.82, 2.24) is 15.2 Å². The summed E-state index contributed by atoms with van der Waals surface area (Å²) < 4.78 is 67.2. The topological polar surface area (TPSA) is 128 Å². The van der Waals surface area contributed by atoms with E-state index in [1.807, 2.05) is 27.7 Å².